The van der Waals surface area contributed by atoms with E-state index in [2.05, 4.69) is 0 Å². The van der Waals surface area contributed by atoms with E-state index in [1.165, 1.54) is 30.4 Å². The lowest BCUT2D eigenvalue weighted by molar-refractivity contribution is 0.104. The average Bonchev–Trinajstić information content (AvgIpc) is 2.56. The number of hydrogen-bond donors (Lipinski definition) is 1. The Morgan fingerprint density at radius 2 is 2.00 bits per heavy atom. The highest BCUT2D eigenvalue weighted by Gasteiger charge is 2.11. The predicted molar refractivity (Wildman–Crippen MR) is 96.7 cm³/mol. The smallest absolute Gasteiger partial charge is 0.189 e. The molecule has 0 atom stereocenters. The fraction of sp³-hybridized carbons (Fsp3) is 0.250. The Labute approximate surface area is 147 Å². The zero-order chi connectivity index (χ0) is 18.4. The third-order valence-corrected chi connectivity index (χ3v) is 3.60. The number of likely N-dealkylation sites (N-methyl/N-ethyl adjacent to an activating group) is 1. The standard InChI is InChI=1S/C20H22FNO3/c1-14-4-9-20(25-11-10-22(2)3)16(12-14)18(23)7-5-15-6-8-19(24)17(21)13-15/h4-9,12-13,24H,10-11H2,1-3H3. The molecule has 0 aromatic heterocycles. The summed E-state index contributed by atoms with van der Waals surface area (Å²) in [6.45, 7) is 3.12. The quantitative estimate of drug-likeness (QED) is 0.615. The molecule has 0 amide bonds. The second-order valence-electron chi connectivity index (χ2n) is 6.06. The van der Waals surface area contributed by atoms with Gasteiger partial charge in [-0.05, 0) is 56.9 Å². The largest absolute Gasteiger partial charge is 0.505 e. The average molecular weight is 343 g/mol. The maximum absolute atomic E-state index is 13.4. The van der Waals surface area contributed by atoms with Gasteiger partial charge in [-0.25, -0.2) is 4.39 Å². The van der Waals surface area contributed by atoms with Crippen molar-refractivity contribution in [1.29, 1.82) is 0 Å². The van der Waals surface area contributed by atoms with Gasteiger partial charge in [-0.2, -0.15) is 0 Å². The normalized spacial score (nSPS) is 11.2. The molecule has 0 spiro atoms. The van der Waals surface area contributed by atoms with Gasteiger partial charge < -0.3 is 14.7 Å². The molecule has 2 aromatic carbocycles. The predicted octanol–water partition coefficient (Wildman–Crippen LogP) is 3.68. The molecule has 0 radical (unpaired) electrons. The number of phenols is 1. The van der Waals surface area contributed by atoms with E-state index in [1.54, 1.807) is 12.1 Å². The highest BCUT2D eigenvalue weighted by Crippen LogP contribution is 2.22. The van der Waals surface area contributed by atoms with Crippen molar-refractivity contribution in [3.8, 4) is 11.5 Å². The molecule has 0 fully saturated rings. The van der Waals surface area contributed by atoms with Gasteiger partial charge in [-0.1, -0.05) is 23.8 Å². The van der Waals surface area contributed by atoms with Crippen molar-refractivity contribution in [3.63, 3.8) is 0 Å². The number of allylic oxidation sites excluding steroid dienone is 1. The molecule has 132 valence electrons. The maximum atomic E-state index is 13.4. The lowest BCUT2D eigenvalue weighted by Gasteiger charge is -2.13. The molecule has 2 aromatic rings. The van der Waals surface area contributed by atoms with E-state index in [1.807, 2.05) is 32.0 Å². The summed E-state index contributed by atoms with van der Waals surface area (Å²) in [7, 11) is 3.90. The summed E-state index contributed by atoms with van der Waals surface area (Å²) in [6.07, 6.45) is 2.89. The number of aromatic hydroxyl groups is 1. The molecule has 0 heterocycles. The summed E-state index contributed by atoms with van der Waals surface area (Å²) < 4.78 is 19.1. The Bertz CT molecular complexity index is 785. The van der Waals surface area contributed by atoms with Crippen LogP contribution in [0.5, 0.6) is 11.5 Å². The number of nitrogens with zero attached hydrogens (tertiary/aromatic N) is 1. The van der Waals surface area contributed by atoms with Crippen LogP contribution in [0.15, 0.2) is 42.5 Å². The lowest BCUT2D eigenvalue weighted by atomic mass is 10.1. The molecule has 4 nitrogen and oxygen atoms in total. The molecule has 0 saturated heterocycles. The minimum absolute atomic E-state index is 0.225. The molecule has 1 N–H and O–H groups in total. The molecule has 0 aliphatic heterocycles. The van der Waals surface area contributed by atoms with Crippen molar-refractivity contribution < 1.29 is 19.0 Å². The van der Waals surface area contributed by atoms with Crippen molar-refractivity contribution in [3.05, 3.63) is 65.0 Å². The van der Waals surface area contributed by atoms with Crippen LogP contribution in [0.2, 0.25) is 0 Å². The second-order valence-corrected chi connectivity index (χ2v) is 6.06. The number of ether oxygens (including phenoxy) is 1. The van der Waals surface area contributed by atoms with Gasteiger partial charge >= 0.3 is 0 Å². The van der Waals surface area contributed by atoms with E-state index < -0.39 is 11.6 Å². The fourth-order valence-corrected chi connectivity index (χ4v) is 2.19. The van der Waals surface area contributed by atoms with Crippen molar-refractivity contribution in [2.45, 2.75) is 6.92 Å². The zero-order valence-electron chi connectivity index (χ0n) is 14.6. The Kier molecular flexibility index (Phi) is 6.31. The van der Waals surface area contributed by atoms with E-state index in [0.29, 0.717) is 23.5 Å². The van der Waals surface area contributed by atoms with Gasteiger partial charge in [0.05, 0.1) is 5.56 Å². The van der Waals surface area contributed by atoms with Crippen LogP contribution in [0.3, 0.4) is 0 Å². The summed E-state index contributed by atoms with van der Waals surface area (Å²) in [5, 5.41) is 9.20. The second kappa shape index (κ2) is 8.44. The van der Waals surface area contributed by atoms with E-state index in [0.717, 1.165) is 12.1 Å². The first-order valence-corrected chi connectivity index (χ1v) is 7.96. The maximum Gasteiger partial charge on any atom is 0.189 e. The van der Waals surface area contributed by atoms with Crippen LogP contribution in [0.25, 0.3) is 6.08 Å². The number of halogens is 1. The highest BCUT2D eigenvalue weighted by molar-refractivity contribution is 6.08. The van der Waals surface area contributed by atoms with E-state index in [4.69, 9.17) is 4.74 Å². The van der Waals surface area contributed by atoms with Crippen LogP contribution in [0, 0.1) is 12.7 Å². The number of hydrogen-bond acceptors (Lipinski definition) is 4. The molecule has 0 saturated carbocycles. The van der Waals surface area contributed by atoms with Gasteiger partial charge in [0, 0.05) is 6.54 Å². The SMILES string of the molecule is Cc1ccc(OCCN(C)C)c(C(=O)C=Cc2ccc(O)c(F)c2)c1. The summed E-state index contributed by atoms with van der Waals surface area (Å²) in [4.78, 5) is 14.5. The molecule has 0 bridgehead atoms. The molecule has 0 aliphatic rings. The highest BCUT2D eigenvalue weighted by atomic mass is 19.1. The first-order chi connectivity index (χ1) is 11.9. The Morgan fingerprint density at radius 1 is 1.24 bits per heavy atom. The van der Waals surface area contributed by atoms with Gasteiger partial charge in [-0.15, -0.1) is 0 Å². The van der Waals surface area contributed by atoms with Gasteiger partial charge in [0.1, 0.15) is 12.4 Å². The number of carbonyl (C=O) groups is 1. The molecule has 25 heavy (non-hydrogen) atoms. The van der Waals surface area contributed by atoms with E-state index >= 15 is 0 Å². The molecule has 0 unspecified atom stereocenters. The van der Waals surface area contributed by atoms with Crippen LogP contribution in [0.4, 0.5) is 4.39 Å². The van der Waals surface area contributed by atoms with Crippen molar-refractivity contribution in [1.82, 2.24) is 4.90 Å². The Morgan fingerprint density at radius 3 is 2.68 bits per heavy atom. The summed E-state index contributed by atoms with van der Waals surface area (Å²) in [6, 6.07) is 9.40. The van der Waals surface area contributed by atoms with Gasteiger partial charge in [0.15, 0.2) is 17.3 Å². The minimum atomic E-state index is -0.724. The summed E-state index contributed by atoms with van der Waals surface area (Å²) in [5.41, 5.74) is 1.91. The van der Waals surface area contributed by atoms with Gasteiger partial charge in [0.25, 0.3) is 0 Å². The third-order valence-electron chi connectivity index (χ3n) is 3.60. The number of phenolic OH excluding ortho intramolecular Hbond substituents is 1. The number of ketones is 1. The number of rotatable bonds is 7. The van der Waals surface area contributed by atoms with Gasteiger partial charge in [-0.3, -0.25) is 4.79 Å². The van der Waals surface area contributed by atoms with Crippen molar-refractivity contribution >= 4 is 11.9 Å². The molecule has 5 heteroatoms. The van der Waals surface area contributed by atoms with Gasteiger partial charge in [0.2, 0.25) is 0 Å². The van der Waals surface area contributed by atoms with Crippen LogP contribution in [0.1, 0.15) is 21.5 Å². The van der Waals surface area contributed by atoms with Crippen LogP contribution < -0.4 is 4.74 Å². The third kappa shape index (κ3) is 5.43. The fourth-order valence-electron chi connectivity index (χ4n) is 2.19. The lowest BCUT2D eigenvalue weighted by Crippen LogP contribution is -2.20. The topological polar surface area (TPSA) is 49.8 Å². The number of aryl methyl sites for hydroxylation is 1. The Hall–Kier alpha value is -2.66. The Balaban J connectivity index is 2.18. The van der Waals surface area contributed by atoms with Crippen LogP contribution in [-0.4, -0.2) is 43.0 Å². The molecule has 0 aliphatic carbocycles. The molecular formula is C20H22FNO3. The first kappa shape index (κ1) is 18.7. The van der Waals surface area contributed by atoms with E-state index in [9.17, 15) is 14.3 Å². The van der Waals surface area contributed by atoms with Crippen LogP contribution in [-0.2, 0) is 0 Å². The monoisotopic (exact) mass is 343 g/mol. The molecular weight excluding hydrogens is 321 g/mol. The summed E-state index contributed by atoms with van der Waals surface area (Å²) >= 11 is 0. The zero-order valence-corrected chi connectivity index (χ0v) is 14.6. The summed E-state index contributed by atoms with van der Waals surface area (Å²) in [5.74, 6) is -0.840. The number of benzene rings is 2. The minimum Gasteiger partial charge on any atom is -0.505 e. The van der Waals surface area contributed by atoms with Crippen molar-refractivity contribution in [2.24, 2.45) is 0 Å². The number of carbonyl (C=O) groups excluding carboxylic acids is 1. The van der Waals surface area contributed by atoms with Crippen LogP contribution >= 0.6 is 0 Å². The first-order valence-electron chi connectivity index (χ1n) is 7.96. The molecule has 2 rings (SSSR count). The van der Waals surface area contributed by atoms with E-state index in [-0.39, 0.29) is 5.78 Å². The van der Waals surface area contributed by atoms with Crippen molar-refractivity contribution in [2.75, 3.05) is 27.2 Å².